The lowest BCUT2D eigenvalue weighted by Gasteiger charge is -2.04. The zero-order valence-corrected chi connectivity index (χ0v) is 10.9. The molecule has 0 aliphatic carbocycles. The van der Waals surface area contributed by atoms with Gasteiger partial charge in [0.2, 0.25) is 0 Å². The van der Waals surface area contributed by atoms with E-state index in [1.807, 2.05) is 49.0 Å². The quantitative estimate of drug-likeness (QED) is 0.876. The molecular formula is C14H19N3O. The highest BCUT2D eigenvalue weighted by molar-refractivity contribution is 5.57. The van der Waals surface area contributed by atoms with Gasteiger partial charge in [-0.1, -0.05) is 0 Å². The van der Waals surface area contributed by atoms with Crippen LogP contribution in [0, 0.1) is 0 Å². The van der Waals surface area contributed by atoms with Crippen LogP contribution in [0.3, 0.4) is 0 Å². The lowest BCUT2D eigenvalue weighted by atomic mass is 10.2. The fourth-order valence-corrected chi connectivity index (χ4v) is 1.93. The molecule has 0 spiro atoms. The van der Waals surface area contributed by atoms with Crippen molar-refractivity contribution in [3.8, 4) is 17.1 Å². The Balaban J connectivity index is 2.24. The van der Waals surface area contributed by atoms with Crippen molar-refractivity contribution in [2.45, 2.75) is 13.3 Å². The number of imidazole rings is 1. The molecule has 4 heteroatoms. The number of benzene rings is 1. The van der Waals surface area contributed by atoms with Crippen molar-refractivity contribution in [2.75, 3.05) is 13.2 Å². The largest absolute Gasteiger partial charge is 0.494 e. The van der Waals surface area contributed by atoms with Crippen LogP contribution in [-0.2, 0) is 13.5 Å². The van der Waals surface area contributed by atoms with Crippen molar-refractivity contribution in [3.05, 3.63) is 36.2 Å². The maximum Gasteiger partial charge on any atom is 0.139 e. The van der Waals surface area contributed by atoms with Gasteiger partial charge in [-0.3, -0.25) is 0 Å². The molecule has 0 saturated carbocycles. The predicted molar refractivity (Wildman–Crippen MR) is 72.6 cm³/mol. The van der Waals surface area contributed by atoms with Gasteiger partial charge < -0.3 is 15.0 Å². The molecule has 0 atom stereocenters. The summed E-state index contributed by atoms with van der Waals surface area (Å²) in [6, 6.07) is 7.99. The molecular weight excluding hydrogens is 226 g/mol. The highest BCUT2D eigenvalue weighted by Crippen LogP contribution is 2.21. The number of aromatic nitrogens is 2. The molecule has 1 aromatic heterocycles. The van der Waals surface area contributed by atoms with Crippen LogP contribution in [-0.4, -0.2) is 22.7 Å². The average molecular weight is 245 g/mol. The average Bonchev–Trinajstić information content (AvgIpc) is 2.72. The maximum atomic E-state index is 5.55. The minimum absolute atomic E-state index is 0.625. The van der Waals surface area contributed by atoms with Crippen molar-refractivity contribution in [1.29, 1.82) is 0 Å². The van der Waals surface area contributed by atoms with Crippen molar-refractivity contribution in [1.82, 2.24) is 9.55 Å². The highest BCUT2D eigenvalue weighted by Gasteiger charge is 2.07. The number of ether oxygens (including phenoxy) is 1. The summed E-state index contributed by atoms with van der Waals surface area (Å²) >= 11 is 0. The monoisotopic (exact) mass is 245 g/mol. The van der Waals surface area contributed by atoms with Gasteiger partial charge in [0.1, 0.15) is 11.6 Å². The third-order valence-electron chi connectivity index (χ3n) is 2.75. The standard InChI is InChI=1S/C14H19N3O/c1-3-18-13-6-4-11(5-7-13)14-16-12(8-9-15)10-17(14)2/h4-7,10H,3,8-9,15H2,1-2H3. The Morgan fingerprint density at radius 3 is 2.61 bits per heavy atom. The number of rotatable bonds is 5. The summed E-state index contributed by atoms with van der Waals surface area (Å²) in [7, 11) is 2.00. The second kappa shape index (κ2) is 5.69. The molecule has 96 valence electrons. The van der Waals surface area contributed by atoms with Gasteiger partial charge in [0, 0.05) is 25.2 Å². The van der Waals surface area contributed by atoms with Gasteiger partial charge in [0.15, 0.2) is 0 Å². The number of hydrogen-bond donors (Lipinski definition) is 1. The second-order valence-electron chi connectivity index (χ2n) is 4.16. The Hall–Kier alpha value is -1.81. The van der Waals surface area contributed by atoms with Crippen LogP contribution in [0.2, 0.25) is 0 Å². The van der Waals surface area contributed by atoms with E-state index >= 15 is 0 Å². The van der Waals surface area contributed by atoms with Gasteiger partial charge in [-0.25, -0.2) is 4.98 Å². The van der Waals surface area contributed by atoms with Crippen molar-refractivity contribution >= 4 is 0 Å². The first-order chi connectivity index (χ1) is 8.74. The fraction of sp³-hybridized carbons (Fsp3) is 0.357. The van der Waals surface area contributed by atoms with Crippen LogP contribution in [0.5, 0.6) is 5.75 Å². The van der Waals surface area contributed by atoms with Gasteiger partial charge in [-0.15, -0.1) is 0 Å². The minimum Gasteiger partial charge on any atom is -0.494 e. The minimum atomic E-state index is 0.625. The van der Waals surface area contributed by atoms with E-state index in [4.69, 9.17) is 10.5 Å². The maximum absolute atomic E-state index is 5.55. The molecule has 0 unspecified atom stereocenters. The summed E-state index contributed by atoms with van der Waals surface area (Å²) in [6.07, 6.45) is 2.84. The van der Waals surface area contributed by atoms with Crippen LogP contribution >= 0.6 is 0 Å². The lowest BCUT2D eigenvalue weighted by molar-refractivity contribution is 0.340. The van der Waals surface area contributed by atoms with Gasteiger partial charge in [0.25, 0.3) is 0 Å². The van der Waals surface area contributed by atoms with Crippen LogP contribution in [0.25, 0.3) is 11.4 Å². The van der Waals surface area contributed by atoms with Crippen LogP contribution in [0.15, 0.2) is 30.5 Å². The Bertz CT molecular complexity index is 502. The summed E-state index contributed by atoms with van der Waals surface area (Å²) in [4.78, 5) is 4.59. The van der Waals surface area contributed by atoms with Crippen LogP contribution in [0.4, 0.5) is 0 Å². The zero-order valence-electron chi connectivity index (χ0n) is 10.9. The Labute approximate surface area is 107 Å². The molecule has 0 fully saturated rings. The van der Waals surface area contributed by atoms with E-state index in [-0.39, 0.29) is 0 Å². The van der Waals surface area contributed by atoms with Crippen LogP contribution < -0.4 is 10.5 Å². The van der Waals surface area contributed by atoms with E-state index in [9.17, 15) is 0 Å². The molecule has 0 aliphatic rings. The molecule has 0 amide bonds. The van der Waals surface area contributed by atoms with Gasteiger partial charge in [0.05, 0.1) is 12.3 Å². The normalized spacial score (nSPS) is 10.6. The molecule has 2 aromatic rings. The van der Waals surface area contributed by atoms with E-state index in [1.54, 1.807) is 0 Å². The molecule has 0 radical (unpaired) electrons. The third kappa shape index (κ3) is 2.71. The third-order valence-corrected chi connectivity index (χ3v) is 2.75. The lowest BCUT2D eigenvalue weighted by Crippen LogP contribution is -2.02. The topological polar surface area (TPSA) is 53.1 Å². The summed E-state index contributed by atoms with van der Waals surface area (Å²) in [5, 5.41) is 0. The zero-order chi connectivity index (χ0) is 13.0. The second-order valence-corrected chi connectivity index (χ2v) is 4.16. The molecule has 0 saturated heterocycles. The highest BCUT2D eigenvalue weighted by atomic mass is 16.5. The van der Waals surface area contributed by atoms with Crippen molar-refractivity contribution in [2.24, 2.45) is 12.8 Å². The van der Waals surface area contributed by atoms with Gasteiger partial charge in [-0.2, -0.15) is 0 Å². The van der Waals surface area contributed by atoms with Crippen molar-refractivity contribution in [3.63, 3.8) is 0 Å². The predicted octanol–water partition coefficient (Wildman–Crippen LogP) is 1.99. The van der Waals surface area contributed by atoms with E-state index < -0.39 is 0 Å². The smallest absolute Gasteiger partial charge is 0.139 e. The number of aryl methyl sites for hydroxylation is 1. The molecule has 1 heterocycles. The summed E-state index contributed by atoms with van der Waals surface area (Å²) < 4.78 is 7.46. The molecule has 0 aliphatic heterocycles. The Morgan fingerprint density at radius 2 is 2.00 bits per heavy atom. The first kappa shape index (κ1) is 12.6. The van der Waals surface area contributed by atoms with E-state index in [0.717, 1.165) is 29.3 Å². The first-order valence-electron chi connectivity index (χ1n) is 6.20. The molecule has 18 heavy (non-hydrogen) atoms. The number of nitrogens with two attached hydrogens (primary N) is 1. The Kier molecular flexibility index (Phi) is 3.99. The summed E-state index contributed by atoms with van der Waals surface area (Å²) in [5.41, 5.74) is 7.66. The number of hydrogen-bond acceptors (Lipinski definition) is 3. The fourth-order valence-electron chi connectivity index (χ4n) is 1.93. The van der Waals surface area contributed by atoms with E-state index in [0.29, 0.717) is 13.2 Å². The molecule has 2 rings (SSSR count). The summed E-state index contributed by atoms with van der Waals surface area (Å²) in [5.74, 6) is 1.85. The molecule has 1 aromatic carbocycles. The first-order valence-corrected chi connectivity index (χ1v) is 6.20. The molecule has 4 nitrogen and oxygen atoms in total. The van der Waals surface area contributed by atoms with Gasteiger partial charge >= 0.3 is 0 Å². The molecule has 0 bridgehead atoms. The van der Waals surface area contributed by atoms with E-state index in [2.05, 4.69) is 4.98 Å². The number of nitrogens with zero attached hydrogens (tertiary/aromatic N) is 2. The van der Waals surface area contributed by atoms with Crippen LogP contribution in [0.1, 0.15) is 12.6 Å². The SMILES string of the molecule is CCOc1ccc(-c2nc(CCN)cn2C)cc1. The van der Waals surface area contributed by atoms with Crippen molar-refractivity contribution < 1.29 is 4.74 Å². The Morgan fingerprint density at radius 1 is 1.28 bits per heavy atom. The van der Waals surface area contributed by atoms with E-state index in [1.165, 1.54) is 0 Å². The molecule has 2 N–H and O–H groups in total. The van der Waals surface area contributed by atoms with Gasteiger partial charge in [-0.05, 0) is 37.7 Å². The summed E-state index contributed by atoms with van der Waals surface area (Å²) in [6.45, 7) is 3.29.